The van der Waals surface area contributed by atoms with Gasteiger partial charge in [0.25, 0.3) is 0 Å². The fraction of sp³-hybridized carbons (Fsp3) is 0.692. The van der Waals surface area contributed by atoms with E-state index in [1.54, 1.807) is 11.3 Å². The van der Waals surface area contributed by atoms with Crippen molar-refractivity contribution in [3.63, 3.8) is 0 Å². The molecule has 1 saturated carbocycles. The summed E-state index contributed by atoms with van der Waals surface area (Å²) < 4.78 is 0. The predicted octanol–water partition coefficient (Wildman–Crippen LogP) is 3.91. The van der Waals surface area contributed by atoms with Gasteiger partial charge in [-0.3, -0.25) is 4.79 Å². The van der Waals surface area contributed by atoms with Crippen molar-refractivity contribution in [2.45, 2.75) is 52.4 Å². The Morgan fingerprint density at radius 1 is 1.19 bits per heavy atom. The number of aryl methyl sites for hydroxylation is 2. The highest BCUT2D eigenvalue weighted by molar-refractivity contribution is 7.13. The van der Waals surface area contributed by atoms with Crippen molar-refractivity contribution in [1.82, 2.24) is 4.98 Å². The first kappa shape index (κ1) is 11.8. The zero-order valence-corrected chi connectivity index (χ0v) is 10.9. The predicted molar refractivity (Wildman–Crippen MR) is 67.1 cm³/mol. The highest BCUT2D eigenvalue weighted by Gasteiger charge is 2.24. The second-order valence-corrected chi connectivity index (χ2v) is 5.90. The molecule has 1 fully saturated rings. The van der Waals surface area contributed by atoms with Gasteiger partial charge in [-0.2, -0.15) is 0 Å². The van der Waals surface area contributed by atoms with Crippen LogP contribution in [0.3, 0.4) is 0 Å². The molecular formula is C13H19NOS. The summed E-state index contributed by atoms with van der Waals surface area (Å²) in [5.41, 5.74) is 0.928. The number of Topliss-reactive ketones (excluding diaryl/α,β-unsaturated/α-hetero) is 1. The van der Waals surface area contributed by atoms with E-state index < -0.39 is 0 Å². The Morgan fingerprint density at radius 2 is 1.81 bits per heavy atom. The van der Waals surface area contributed by atoms with Crippen LogP contribution in [-0.2, 0) is 0 Å². The first-order valence-electron chi connectivity index (χ1n) is 6.16. The molecule has 16 heavy (non-hydrogen) atoms. The molecule has 0 N–H and O–H groups in total. The largest absolute Gasteiger partial charge is 0.293 e. The van der Waals surface area contributed by atoms with Gasteiger partial charge in [-0.25, -0.2) is 4.98 Å². The zero-order valence-electron chi connectivity index (χ0n) is 10.1. The van der Waals surface area contributed by atoms with Gasteiger partial charge in [0, 0.05) is 5.92 Å². The Labute approximate surface area is 101 Å². The zero-order chi connectivity index (χ0) is 11.5. The number of thiazole rings is 1. The highest BCUT2D eigenvalue weighted by atomic mass is 32.1. The molecule has 0 unspecified atom stereocenters. The number of hydrogen-bond acceptors (Lipinski definition) is 3. The van der Waals surface area contributed by atoms with Crippen molar-refractivity contribution in [3.05, 3.63) is 15.6 Å². The molecule has 88 valence electrons. The van der Waals surface area contributed by atoms with Gasteiger partial charge < -0.3 is 0 Å². The summed E-state index contributed by atoms with van der Waals surface area (Å²) in [6, 6.07) is 0. The second kappa shape index (κ2) is 5.09. The van der Waals surface area contributed by atoms with Crippen LogP contribution in [0.25, 0.3) is 0 Å². The normalized spacial score (nSPS) is 18.4. The van der Waals surface area contributed by atoms with E-state index in [-0.39, 0.29) is 5.92 Å². The van der Waals surface area contributed by atoms with Crippen LogP contribution in [0.15, 0.2) is 0 Å². The summed E-state index contributed by atoms with van der Waals surface area (Å²) >= 11 is 1.56. The highest BCUT2D eigenvalue weighted by Crippen LogP contribution is 2.29. The third-order valence-electron chi connectivity index (χ3n) is 3.35. The summed E-state index contributed by atoms with van der Waals surface area (Å²) in [6.07, 6.45) is 7.18. The van der Waals surface area contributed by atoms with E-state index >= 15 is 0 Å². The average Bonchev–Trinajstić information content (AvgIpc) is 2.49. The number of carbonyl (C=O) groups excluding carboxylic acids is 1. The van der Waals surface area contributed by atoms with Gasteiger partial charge in [0.05, 0.1) is 15.6 Å². The van der Waals surface area contributed by atoms with E-state index in [2.05, 4.69) is 4.98 Å². The maximum atomic E-state index is 12.4. The molecule has 2 rings (SSSR count). The van der Waals surface area contributed by atoms with Crippen LogP contribution in [0.5, 0.6) is 0 Å². The minimum atomic E-state index is 0.265. The van der Waals surface area contributed by atoms with Crippen LogP contribution in [0, 0.1) is 19.8 Å². The van der Waals surface area contributed by atoms with Crippen molar-refractivity contribution in [1.29, 1.82) is 0 Å². The number of rotatable bonds is 2. The maximum absolute atomic E-state index is 12.4. The molecule has 0 aliphatic heterocycles. The number of ketones is 1. The van der Waals surface area contributed by atoms with Crippen LogP contribution in [0.4, 0.5) is 0 Å². The average molecular weight is 237 g/mol. The lowest BCUT2D eigenvalue weighted by molar-refractivity contribution is 0.0911. The van der Waals surface area contributed by atoms with Gasteiger partial charge in [-0.15, -0.1) is 11.3 Å². The lowest BCUT2D eigenvalue weighted by atomic mass is 9.94. The summed E-state index contributed by atoms with van der Waals surface area (Å²) in [6.45, 7) is 3.93. The molecule has 1 heterocycles. The maximum Gasteiger partial charge on any atom is 0.177 e. The molecule has 0 radical (unpaired) electrons. The van der Waals surface area contributed by atoms with Crippen LogP contribution in [-0.4, -0.2) is 10.8 Å². The summed E-state index contributed by atoms with van der Waals surface area (Å²) in [7, 11) is 0. The van der Waals surface area contributed by atoms with Gasteiger partial charge in [0.2, 0.25) is 0 Å². The van der Waals surface area contributed by atoms with E-state index in [1.165, 1.54) is 25.7 Å². The molecule has 0 bridgehead atoms. The standard InChI is InChI=1S/C13H19NOS/c1-9-13(16-10(2)14-9)12(15)11-7-5-3-4-6-8-11/h11H,3-8H2,1-2H3. The minimum Gasteiger partial charge on any atom is -0.293 e. The Morgan fingerprint density at radius 3 is 2.31 bits per heavy atom. The Balaban J connectivity index is 2.14. The van der Waals surface area contributed by atoms with Gasteiger partial charge in [0.15, 0.2) is 5.78 Å². The monoisotopic (exact) mass is 237 g/mol. The van der Waals surface area contributed by atoms with Crippen LogP contribution in [0.1, 0.15) is 58.9 Å². The van der Waals surface area contributed by atoms with Crippen molar-refractivity contribution < 1.29 is 4.79 Å². The third kappa shape index (κ3) is 2.51. The summed E-state index contributed by atoms with van der Waals surface area (Å²) in [4.78, 5) is 17.6. The Kier molecular flexibility index (Phi) is 3.74. The van der Waals surface area contributed by atoms with Crippen molar-refractivity contribution in [2.24, 2.45) is 5.92 Å². The summed E-state index contributed by atoms with van der Waals surface area (Å²) in [5.74, 6) is 0.617. The lowest BCUT2D eigenvalue weighted by Crippen LogP contribution is -2.13. The quantitative estimate of drug-likeness (QED) is 0.576. The van der Waals surface area contributed by atoms with Gasteiger partial charge in [0.1, 0.15) is 0 Å². The fourth-order valence-corrected chi connectivity index (χ4v) is 3.43. The first-order valence-corrected chi connectivity index (χ1v) is 6.98. The molecule has 2 nitrogen and oxygen atoms in total. The third-order valence-corrected chi connectivity index (χ3v) is 4.44. The van der Waals surface area contributed by atoms with Gasteiger partial charge >= 0.3 is 0 Å². The number of carbonyl (C=O) groups is 1. The lowest BCUT2D eigenvalue weighted by Gasteiger charge is -2.11. The van der Waals surface area contributed by atoms with Crippen molar-refractivity contribution >= 4 is 17.1 Å². The van der Waals surface area contributed by atoms with E-state index in [0.717, 1.165) is 28.4 Å². The number of nitrogens with zero attached hydrogens (tertiary/aromatic N) is 1. The topological polar surface area (TPSA) is 30.0 Å². The molecule has 0 atom stereocenters. The van der Waals surface area contributed by atoms with Crippen LogP contribution < -0.4 is 0 Å². The first-order chi connectivity index (χ1) is 7.68. The minimum absolute atomic E-state index is 0.265. The van der Waals surface area contributed by atoms with Crippen LogP contribution >= 0.6 is 11.3 Å². The van der Waals surface area contributed by atoms with Crippen molar-refractivity contribution in [3.8, 4) is 0 Å². The molecular weight excluding hydrogens is 218 g/mol. The smallest absolute Gasteiger partial charge is 0.177 e. The van der Waals surface area contributed by atoms with Gasteiger partial charge in [-0.1, -0.05) is 25.7 Å². The SMILES string of the molecule is Cc1nc(C)c(C(=O)C2CCCCCC2)s1. The molecule has 0 spiro atoms. The second-order valence-electron chi connectivity index (χ2n) is 4.70. The Bertz CT molecular complexity index is 375. The molecule has 1 aliphatic carbocycles. The van der Waals surface area contributed by atoms with Gasteiger partial charge in [-0.05, 0) is 26.7 Å². The Hall–Kier alpha value is -0.700. The molecule has 3 heteroatoms. The summed E-state index contributed by atoms with van der Waals surface area (Å²) in [5, 5.41) is 1.01. The van der Waals surface area contributed by atoms with E-state index in [0.29, 0.717) is 5.78 Å². The number of aromatic nitrogens is 1. The molecule has 1 aromatic rings. The molecule has 0 saturated heterocycles. The number of hydrogen-bond donors (Lipinski definition) is 0. The molecule has 0 amide bonds. The van der Waals surface area contributed by atoms with Crippen LogP contribution in [0.2, 0.25) is 0 Å². The fourth-order valence-electron chi connectivity index (χ4n) is 2.49. The van der Waals surface area contributed by atoms with Crippen molar-refractivity contribution in [2.75, 3.05) is 0 Å². The van der Waals surface area contributed by atoms with E-state index in [9.17, 15) is 4.79 Å². The molecule has 0 aromatic carbocycles. The molecule has 1 aliphatic rings. The molecule has 1 aromatic heterocycles. The van der Waals surface area contributed by atoms with E-state index in [4.69, 9.17) is 0 Å². The van der Waals surface area contributed by atoms with E-state index in [1.807, 2.05) is 13.8 Å².